The first kappa shape index (κ1) is 37.1. The van der Waals surface area contributed by atoms with Gasteiger partial charge in [0.1, 0.15) is 31.2 Å². The zero-order chi connectivity index (χ0) is 35.5. The van der Waals surface area contributed by atoms with Crippen LogP contribution in [0, 0.1) is 0 Å². The van der Waals surface area contributed by atoms with E-state index in [1.807, 2.05) is 72.8 Å². The predicted molar refractivity (Wildman–Crippen MR) is 208 cm³/mol. The molecular weight excluding hydrogens is 752 g/mol. The van der Waals surface area contributed by atoms with Crippen LogP contribution in [0.2, 0.25) is 10.0 Å². The maximum Gasteiger partial charge on any atom is 0.254 e. The van der Waals surface area contributed by atoms with E-state index in [2.05, 4.69) is 36.3 Å². The van der Waals surface area contributed by atoms with Crippen LogP contribution in [0.4, 0.5) is 21.4 Å². The van der Waals surface area contributed by atoms with Gasteiger partial charge in [-0.3, -0.25) is 19.6 Å². The van der Waals surface area contributed by atoms with Crippen LogP contribution in [0.1, 0.15) is 50.4 Å². The summed E-state index contributed by atoms with van der Waals surface area (Å²) in [5, 5.41) is 10.4. The number of nitrogens with two attached hydrogens (primary N) is 2. The normalized spacial score (nSPS) is 11.3. The quantitative estimate of drug-likeness (QED) is 0.0831. The Balaban J connectivity index is 0.000000195. The number of carbonyl (C=O) groups is 2. The van der Waals surface area contributed by atoms with Gasteiger partial charge in [-0.2, -0.15) is 8.75 Å². The molecule has 0 aliphatic carbocycles. The fourth-order valence-electron chi connectivity index (χ4n) is 4.40. The lowest BCUT2D eigenvalue weighted by atomic mass is 10.1. The molecule has 6 rings (SSSR count). The van der Waals surface area contributed by atoms with Crippen molar-refractivity contribution in [3.05, 3.63) is 130 Å². The molecule has 4 aromatic heterocycles. The van der Waals surface area contributed by atoms with E-state index in [1.165, 1.54) is 46.6 Å². The van der Waals surface area contributed by atoms with E-state index in [-0.39, 0.29) is 5.25 Å². The fraction of sp³-hybridized carbons (Fsp3) is 0.118. The van der Waals surface area contributed by atoms with Gasteiger partial charge in [-0.15, -0.1) is 0 Å². The summed E-state index contributed by atoms with van der Waals surface area (Å²) in [6.07, 6.45) is 7.60. The van der Waals surface area contributed by atoms with Crippen molar-refractivity contribution in [3.8, 4) is 0 Å². The van der Waals surface area contributed by atoms with Crippen LogP contribution in [-0.2, 0) is 5.75 Å². The monoisotopic (exact) mass is 780 g/mol. The smallest absolute Gasteiger partial charge is 0.254 e. The summed E-state index contributed by atoms with van der Waals surface area (Å²) >= 11 is 17.3. The second-order valence-electron chi connectivity index (χ2n) is 10.3. The van der Waals surface area contributed by atoms with Crippen molar-refractivity contribution in [1.82, 2.24) is 18.7 Å². The number of hydrogen-bond donors (Lipinski definition) is 4. The number of halogens is 2. The van der Waals surface area contributed by atoms with Crippen LogP contribution in [0.3, 0.4) is 0 Å². The summed E-state index contributed by atoms with van der Waals surface area (Å²) < 4.78 is 8.82. The summed E-state index contributed by atoms with van der Waals surface area (Å²) in [5.41, 5.74) is 15.8. The van der Waals surface area contributed by atoms with Crippen molar-refractivity contribution in [2.75, 3.05) is 10.6 Å². The van der Waals surface area contributed by atoms with Gasteiger partial charge < -0.3 is 22.1 Å². The summed E-state index contributed by atoms with van der Waals surface area (Å²) in [6.45, 7) is 2.09. The standard InChI is InChI=1S/C18H17ClN4OS2.C16H13ClN4OS2/c1-2-14(11-5-7-12(19)8-6-11)25-18-15(16(20)24)17(26-23-18)22-13-4-3-9-21-10-13;17-11-5-3-10(4-6-11)9-23-16-13(14(18)22)15(24-21-16)20-12-2-1-7-19-8-12/h3-10,14,22H,2H2,1H3,(H2,20,24);1-8,20H,9H2,(H2,18,22). The molecule has 4 heterocycles. The molecule has 2 amide bonds. The van der Waals surface area contributed by atoms with Gasteiger partial charge in [0.25, 0.3) is 11.8 Å². The number of nitrogens with one attached hydrogen (secondary N) is 2. The van der Waals surface area contributed by atoms with Crippen LogP contribution in [0.25, 0.3) is 0 Å². The van der Waals surface area contributed by atoms with Gasteiger partial charge in [-0.25, -0.2) is 0 Å². The molecule has 0 radical (unpaired) electrons. The lowest BCUT2D eigenvalue weighted by Crippen LogP contribution is -2.13. The van der Waals surface area contributed by atoms with E-state index in [0.717, 1.165) is 28.9 Å². The third-order valence-corrected chi connectivity index (χ3v) is 11.5. The van der Waals surface area contributed by atoms with Gasteiger partial charge in [0, 0.05) is 33.4 Å². The van der Waals surface area contributed by atoms with Crippen LogP contribution in [0.15, 0.2) is 108 Å². The Morgan fingerprint density at radius 1 is 0.760 bits per heavy atom. The molecule has 6 N–H and O–H groups in total. The summed E-state index contributed by atoms with van der Waals surface area (Å²) in [4.78, 5) is 32.0. The molecule has 1 unspecified atom stereocenters. The number of aromatic nitrogens is 4. The van der Waals surface area contributed by atoms with Crippen LogP contribution >= 0.6 is 69.8 Å². The van der Waals surface area contributed by atoms with Gasteiger partial charge in [0.15, 0.2) is 0 Å². The maximum absolute atomic E-state index is 12.0. The Morgan fingerprint density at radius 2 is 1.26 bits per heavy atom. The van der Waals surface area contributed by atoms with E-state index in [4.69, 9.17) is 34.7 Å². The van der Waals surface area contributed by atoms with Gasteiger partial charge in [-0.05, 0) is 89.1 Å². The average molecular weight is 782 g/mol. The van der Waals surface area contributed by atoms with Crippen LogP contribution in [-0.4, -0.2) is 30.5 Å². The van der Waals surface area contributed by atoms with E-state index >= 15 is 0 Å². The highest BCUT2D eigenvalue weighted by molar-refractivity contribution is 7.99. The molecule has 256 valence electrons. The number of nitrogens with zero attached hydrogens (tertiary/aromatic N) is 4. The first-order chi connectivity index (χ1) is 24.2. The zero-order valence-electron chi connectivity index (χ0n) is 26.4. The molecule has 10 nitrogen and oxygen atoms in total. The van der Waals surface area contributed by atoms with E-state index < -0.39 is 11.8 Å². The van der Waals surface area contributed by atoms with E-state index in [1.54, 1.807) is 24.8 Å². The number of primary amides is 2. The Labute approximate surface area is 315 Å². The number of carbonyl (C=O) groups excluding carboxylic acids is 2. The van der Waals surface area contributed by atoms with Gasteiger partial charge in [-0.1, -0.05) is 77.9 Å². The molecule has 1 atom stereocenters. The average Bonchev–Trinajstić information content (AvgIpc) is 3.72. The van der Waals surface area contributed by atoms with Crippen molar-refractivity contribution in [1.29, 1.82) is 0 Å². The summed E-state index contributed by atoms with van der Waals surface area (Å²) in [7, 11) is 0. The number of hydrogen-bond acceptors (Lipinski definition) is 12. The third kappa shape index (κ3) is 10.2. The first-order valence-corrected chi connectivity index (χ1v) is 19.1. The molecule has 0 aliphatic heterocycles. The minimum Gasteiger partial charge on any atom is -0.365 e. The third-order valence-electron chi connectivity index (χ3n) is 6.81. The highest BCUT2D eigenvalue weighted by Crippen LogP contribution is 2.42. The molecule has 0 fully saturated rings. The SMILES string of the molecule is CCC(Sc1nsc(Nc2cccnc2)c1C(N)=O)c1ccc(Cl)cc1.NC(=O)c1c(SCc2ccc(Cl)cc2)nsc1Nc1cccnc1. The van der Waals surface area contributed by atoms with Crippen molar-refractivity contribution >= 4 is 103 Å². The molecule has 16 heteroatoms. The molecular formula is C34H30Cl2N8O2S4. The number of thioether (sulfide) groups is 2. The summed E-state index contributed by atoms with van der Waals surface area (Å²) in [5.74, 6) is -0.333. The number of benzene rings is 2. The highest BCUT2D eigenvalue weighted by Gasteiger charge is 2.23. The molecule has 0 saturated carbocycles. The Hall–Kier alpha value is -4.18. The van der Waals surface area contributed by atoms with Crippen LogP contribution in [0.5, 0.6) is 0 Å². The van der Waals surface area contributed by atoms with Crippen LogP contribution < -0.4 is 22.1 Å². The summed E-state index contributed by atoms with van der Waals surface area (Å²) in [6, 6.07) is 22.6. The van der Waals surface area contributed by atoms with Gasteiger partial charge in [0.2, 0.25) is 0 Å². The molecule has 2 aromatic carbocycles. The number of amides is 2. The van der Waals surface area contributed by atoms with Crippen molar-refractivity contribution in [3.63, 3.8) is 0 Å². The molecule has 0 bridgehead atoms. The van der Waals surface area contributed by atoms with Gasteiger partial charge in [0.05, 0.1) is 23.8 Å². The number of pyridine rings is 2. The zero-order valence-corrected chi connectivity index (χ0v) is 31.2. The molecule has 50 heavy (non-hydrogen) atoms. The topological polar surface area (TPSA) is 162 Å². The minimum atomic E-state index is -0.506. The lowest BCUT2D eigenvalue weighted by molar-refractivity contribution is 0.0990. The largest absolute Gasteiger partial charge is 0.365 e. The second-order valence-corrected chi connectivity index (χ2v) is 14.9. The molecule has 0 aliphatic rings. The first-order valence-electron chi connectivity index (χ1n) is 14.9. The lowest BCUT2D eigenvalue weighted by Gasteiger charge is -2.14. The fourth-order valence-corrected chi connectivity index (χ4v) is 8.72. The molecule has 0 spiro atoms. The molecule has 6 aromatic rings. The minimum absolute atomic E-state index is 0.152. The van der Waals surface area contributed by atoms with E-state index in [9.17, 15) is 9.59 Å². The van der Waals surface area contributed by atoms with Crippen molar-refractivity contribution in [2.45, 2.75) is 34.4 Å². The Kier molecular flexibility index (Phi) is 13.5. The Morgan fingerprint density at radius 3 is 1.74 bits per heavy atom. The van der Waals surface area contributed by atoms with E-state index in [0.29, 0.717) is 47.0 Å². The molecule has 0 saturated heterocycles. The number of anilines is 4. The Bertz CT molecular complexity index is 2010. The number of rotatable bonds is 13. The second kappa shape index (κ2) is 18.2. The van der Waals surface area contributed by atoms with Crippen molar-refractivity contribution in [2.24, 2.45) is 11.5 Å². The maximum atomic E-state index is 12.0. The predicted octanol–water partition coefficient (Wildman–Crippen LogP) is 9.60. The van der Waals surface area contributed by atoms with Crippen molar-refractivity contribution < 1.29 is 9.59 Å². The van der Waals surface area contributed by atoms with Gasteiger partial charge >= 0.3 is 0 Å². The highest BCUT2D eigenvalue weighted by atomic mass is 35.5.